The van der Waals surface area contributed by atoms with Gasteiger partial charge in [-0.3, -0.25) is 9.10 Å². The topological polar surface area (TPSA) is 94.2 Å². The van der Waals surface area contributed by atoms with Crippen LogP contribution in [0.25, 0.3) is 0 Å². The van der Waals surface area contributed by atoms with Gasteiger partial charge in [0.25, 0.3) is 10.0 Å². The van der Waals surface area contributed by atoms with E-state index >= 15 is 0 Å². The fourth-order valence-electron chi connectivity index (χ4n) is 4.04. The maximum absolute atomic E-state index is 13.7. The number of hydrogen-bond acceptors (Lipinski definition) is 6. The summed E-state index contributed by atoms with van der Waals surface area (Å²) in [4.78, 5) is 13.1. The third-order valence-corrected chi connectivity index (χ3v) is 7.88. The van der Waals surface area contributed by atoms with Gasteiger partial charge in [-0.2, -0.15) is 0 Å². The number of rotatable bonds is 9. The zero-order valence-electron chi connectivity index (χ0n) is 21.3. The normalized spacial score (nSPS) is 14.3. The minimum Gasteiger partial charge on any atom is -0.486 e. The van der Waals surface area contributed by atoms with Gasteiger partial charge in [-0.15, -0.1) is 0 Å². The second-order valence-corrected chi connectivity index (χ2v) is 10.9. The Bertz CT molecular complexity index is 1520. The standard InChI is InChI=1S/C30H28N2O6S/c1-22-11-17-27(18-12-22)39(34,35)32(23-13-15-25(16-14-23)37-24-7-3-2-4-8-24)20-30(33)31-19-26-21-36-28-9-5-6-10-29(28)38-26/h2-18,26H,19-21H2,1H3,(H,31,33)/t26-/m0/s1. The van der Waals surface area contributed by atoms with Crippen molar-refractivity contribution in [1.29, 1.82) is 0 Å². The Hall–Kier alpha value is -4.50. The molecule has 0 fully saturated rings. The fraction of sp³-hybridized carbons (Fsp3) is 0.167. The Morgan fingerprint density at radius 2 is 1.51 bits per heavy atom. The summed E-state index contributed by atoms with van der Waals surface area (Å²) in [5.74, 6) is 1.97. The van der Waals surface area contributed by atoms with Crippen molar-refractivity contribution in [3.63, 3.8) is 0 Å². The molecular weight excluding hydrogens is 516 g/mol. The van der Waals surface area contributed by atoms with Crippen molar-refractivity contribution in [1.82, 2.24) is 5.32 Å². The number of para-hydroxylation sites is 3. The first kappa shape index (κ1) is 26.1. The van der Waals surface area contributed by atoms with E-state index in [1.807, 2.05) is 55.5 Å². The molecule has 39 heavy (non-hydrogen) atoms. The quantitative estimate of drug-likeness (QED) is 0.321. The first-order valence-electron chi connectivity index (χ1n) is 12.5. The van der Waals surface area contributed by atoms with Gasteiger partial charge in [0.05, 0.1) is 17.1 Å². The molecule has 0 bridgehead atoms. The van der Waals surface area contributed by atoms with Crippen LogP contribution in [0.4, 0.5) is 5.69 Å². The van der Waals surface area contributed by atoms with Crippen molar-refractivity contribution in [2.45, 2.75) is 17.9 Å². The average Bonchev–Trinajstić information content (AvgIpc) is 2.96. The van der Waals surface area contributed by atoms with Crippen molar-refractivity contribution in [2.24, 2.45) is 0 Å². The molecule has 5 rings (SSSR count). The molecule has 4 aromatic rings. The number of sulfonamides is 1. The third kappa shape index (κ3) is 6.32. The van der Waals surface area contributed by atoms with Crippen LogP contribution >= 0.6 is 0 Å². The van der Waals surface area contributed by atoms with Crippen LogP contribution in [-0.2, 0) is 14.8 Å². The van der Waals surface area contributed by atoms with Gasteiger partial charge in [0.2, 0.25) is 5.91 Å². The summed E-state index contributed by atoms with van der Waals surface area (Å²) in [5, 5.41) is 2.79. The summed E-state index contributed by atoms with van der Waals surface area (Å²) in [7, 11) is -4.05. The van der Waals surface area contributed by atoms with Gasteiger partial charge in [0, 0.05) is 0 Å². The van der Waals surface area contributed by atoms with E-state index in [0.29, 0.717) is 28.7 Å². The van der Waals surface area contributed by atoms with E-state index in [2.05, 4.69) is 5.32 Å². The van der Waals surface area contributed by atoms with E-state index in [4.69, 9.17) is 14.2 Å². The number of benzene rings is 4. The van der Waals surface area contributed by atoms with Gasteiger partial charge in [-0.1, -0.05) is 48.0 Å². The molecule has 1 N–H and O–H groups in total. The summed E-state index contributed by atoms with van der Waals surface area (Å²) in [6.45, 7) is 1.89. The minimum atomic E-state index is -4.05. The zero-order chi connectivity index (χ0) is 27.2. The summed E-state index contributed by atoms with van der Waals surface area (Å²) in [6, 6.07) is 29.7. The molecule has 0 spiro atoms. The maximum atomic E-state index is 13.7. The third-order valence-electron chi connectivity index (χ3n) is 6.09. The molecule has 0 unspecified atom stereocenters. The molecule has 0 saturated heterocycles. The Morgan fingerprint density at radius 1 is 0.872 bits per heavy atom. The molecule has 200 valence electrons. The van der Waals surface area contributed by atoms with Crippen molar-refractivity contribution in [3.8, 4) is 23.0 Å². The van der Waals surface area contributed by atoms with Gasteiger partial charge >= 0.3 is 0 Å². The van der Waals surface area contributed by atoms with Crippen LogP contribution < -0.4 is 23.8 Å². The summed E-state index contributed by atoms with van der Waals surface area (Å²) in [5.41, 5.74) is 1.26. The Labute approximate surface area is 227 Å². The highest BCUT2D eigenvalue weighted by Gasteiger charge is 2.28. The van der Waals surface area contributed by atoms with Gasteiger partial charge in [-0.05, 0) is 67.6 Å². The molecule has 1 aliphatic heterocycles. The number of nitrogens with zero attached hydrogens (tertiary/aromatic N) is 1. The molecule has 4 aromatic carbocycles. The second-order valence-electron chi connectivity index (χ2n) is 9.04. The highest BCUT2D eigenvalue weighted by Crippen LogP contribution is 2.31. The summed E-state index contributed by atoms with van der Waals surface area (Å²) >= 11 is 0. The lowest BCUT2D eigenvalue weighted by molar-refractivity contribution is -0.120. The number of amides is 1. The lowest BCUT2D eigenvalue weighted by Gasteiger charge is -2.27. The highest BCUT2D eigenvalue weighted by molar-refractivity contribution is 7.92. The molecule has 0 aromatic heterocycles. The zero-order valence-corrected chi connectivity index (χ0v) is 22.1. The van der Waals surface area contributed by atoms with Crippen LogP contribution in [-0.4, -0.2) is 40.1 Å². The van der Waals surface area contributed by atoms with Crippen LogP contribution in [0.15, 0.2) is 108 Å². The van der Waals surface area contributed by atoms with Crippen molar-refractivity contribution in [3.05, 3.63) is 109 Å². The summed E-state index contributed by atoms with van der Waals surface area (Å²) < 4.78 is 45.9. The van der Waals surface area contributed by atoms with Gasteiger partial charge in [-0.25, -0.2) is 8.42 Å². The van der Waals surface area contributed by atoms with Crippen LogP contribution in [0.3, 0.4) is 0 Å². The average molecular weight is 545 g/mol. The first-order valence-corrected chi connectivity index (χ1v) is 13.9. The van der Waals surface area contributed by atoms with E-state index < -0.39 is 28.6 Å². The second kappa shape index (κ2) is 11.5. The number of aryl methyl sites for hydroxylation is 1. The van der Waals surface area contributed by atoms with Gasteiger partial charge in [0.1, 0.15) is 30.8 Å². The van der Waals surface area contributed by atoms with Crippen molar-refractivity contribution >= 4 is 21.6 Å². The smallest absolute Gasteiger partial charge is 0.264 e. The molecule has 1 amide bonds. The SMILES string of the molecule is Cc1ccc(S(=O)(=O)N(CC(=O)NC[C@H]2COc3ccccc3O2)c2ccc(Oc3ccccc3)cc2)cc1. The van der Waals surface area contributed by atoms with E-state index in [0.717, 1.165) is 9.87 Å². The van der Waals surface area contributed by atoms with Gasteiger partial charge in [0.15, 0.2) is 11.5 Å². The number of carbonyl (C=O) groups excluding carboxylic acids is 1. The van der Waals surface area contributed by atoms with Crippen LogP contribution in [0.2, 0.25) is 0 Å². The van der Waals surface area contributed by atoms with E-state index in [1.165, 1.54) is 12.1 Å². The number of nitrogens with one attached hydrogen (secondary N) is 1. The lowest BCUT2D eigenvalue weighted by atomic mass is 10.2. The van der Waals surface area contributed by atoms with Gasteiger partial charge < -0.3 is 19.5 Å². The molecule has 0 radical (unpaired) electrons. The minimum absolute atomic E-state index is 0.0890. The summed E-state index contributed by atoms with van der Waals surface area (Å²) in [6.07, 6.45) is -0.402. The van der Waals surface area contributed by atoms with Crippen molar-refractivity contribution < 1.29 is 27.4 Å². The number of ether oxygens (including phenoxy) is 3. The van der Waals surface area contributed by atoms with E-state index in [-0.39, 0.29) is 18.0 Å². The van der Waals surface area contributed by atoms with E-state index in [9.17, 15) is 13.2 Å². The largest absolute Gasteiger partial charge is 0.486 e. The maximum Gasteiger partial charge on any atom is 0.264 e. The predicted molar refractivity (Wildman–Crippen MR) is 148 cm³/mol. The van der Waals surface area contributed by atoms with Crippen LogP contribution in [0.5, 0.6) is 23.0 Å². The Kier molecular flexibility index (Phi) is 7.69. The number of carbonyl (C=O) groups is 1. The molecular formula is C30H28N2O6S. The predicted octanol–water partition coefficient (Wildman–Crippen LogP) is 4.94. The molecule has 1 aliphatic rings. The van der Waals surface area contributed by atoms with Crippen LogP contribution in [0, 0.1) is 6.92 Å². The lowest BCUT2D eigenvalue weighted by Crippen LogP contribution is -2.45. The molecule has 1 heterocycles. The molecule has 0 saturated carbocycles. The van der Waals surface area contributed by atoms with Crippen molar-refractivity contribution in [2.75, 3.05) is 24.0 Å². The first-order chi connectivity index (χ1) is 18.9. The monoisotopic (exact) mass is 544 g/mol. The number of anilines is 1. The van der Waals surface area contributed by atoms with E-state index in [1.54, 1.807) is 42.5 Å². The molecule has 1 atom stereocenters. The molecule has 9 heteroatoms. The molecule has 8 nitrogen and oxygen atoms in total. The highest BCUT2D eigenvalue weighted by atomic mass is 32.2. The Balaban J connectivity index is 1.32. The number of fused-ring (bicyclic) bond motifs is 1. The Morgan fingerprint density at radius 3 is 2.23 bits per heavy atom. The number of hydrogen-bond donors (Lipinski definition) is 1. The van der Waals surface area contributed by atoms with Crippen LogP contribution in [0.1, 0.15) is 5.56 Å². The molecule has 0 aliphatic carbocycles. The fourth-order valence-corrected chi connectivity index (χ4v) is 5.46.